The van der Waals surface area contributed by atoms with Crippen LogP contribution >= 0.6 is 26.2 Å². The molecule has 0 bridgehead atoms. The third-order valence-corrected chi connectivity index (χ3v) is 6.34. The van der Waals surface area contributed by atoms with Crippen LogP contribution in [-0.2, 0) is 19.3 Å². The summed E-state index contributed by atoms with van der Waals surface area (Å²) in [6.07, 6.45) is 11.3. The molecule has 0 fully saturated rings. The quantitative estimate of drug-likeness (QED) is 0.180. The second kappa shape index (κ2) is 13.8. The predicted octanol–water partition coefficient (Wildman–Crippen LogP) is 8.10. The van der Waals surface area contributed by atoms with Crippen molar-refractivity contribution in [1.82, 2.24) is 0 Å². The van der Waals surface area contributed by atoms with Crippen LogP contribution in [0.3, 0.4) is 0 Å². The fraction of sp³-hybridized carbons (Fsp3) is 0.357. The number of hydrogen-bond acceptors (Lipinski definition) is 0. The molecule has 1 atom stereocenters. The molecule has 2 heteroatoms. The van der Waals surface area contributed by atoms with E-state index >= 15 is 0 Å². The SMILES string of the molecule is Br.PCCCCCCC(Cc1ccccc1)(Cc1ccccc1)Cc1ccccc1. The molecule has 0 aromatic heterocycles. The van der Waals surface area contributed by atoms with Crippen molar-refractivity contribution in [3.05, 3.63) is 108 Å². The summed E-state index contributed by atoms with van der Waals surface area (Å²) in [6.45, 7) is 0. The Kier molecular flexibility index (Phi) is 11.4. The molecule has 0 heterocycles. The summed E-state index contributed by atoms with van der Waals surface area (Å²) in [4.78, 5) is 0. The first kappa shape index (κ1) is 24.8. The number of rotatable bonds is 12. The van der Waals surface area contributed by atoms with E-state index in [9.17, 15) is 0 Å². The molecular formula is C28H36BrP. The minimum absolute atomic E-state index is 0. The molecule has 0 saturated heterocycles. The average Bonchev–Trinajstić information content (AvgIpc) is 2.76. The van der Waals surface area contributed by atoms with Gasteiger partial charge in [0.25, 0.3) is 0 Å². The van der Waals surface area contributed by atoms with Gasteiger partial charge in [-0.2, -0.15) is 0 Å². The van der Waals surface area contributed by atoms with Gasteiger partial charge in [0.05, 0.1) is 0 Å². The monoisotopic (exact) mass is 482 g/mol. The van der Waals surface area contributed by atoms with Gasteiger partial charge in [-0.05, 0) is 60.4 Å². The van der Waals surface area contributed by atoms with Crippen molar-refractivity contribution >= 4 is 26.2 Å². The molecule has 3 aromatic carbocycles. The van der Waals surface area contributed by atoms with Gasteiger partial charge >= 0.3 is 0 Å². The van der Waals surface area contributed by atoms with E-state index in [1.807, 2.05) is 0 Å². The summed E-state index contributed by atoms with van der Waals surface area (Å²) in [5.41, 5.74) is 4.64. The topological polar surface area (TPSA) is 0 Å². The standard InChI is InChI=1S/C28H35P.BrH/c29-21-13-2-1-12-20-28(22-25-14-6-3-7-15-25,23-26-16-8-4-9-17-26)24-27-18-10-5-11-19-27;/h3-11,14-19H,1-2,12-13,20-24,29H2;1H. The molecule has 0 nitrogen and oxygen atoms in total. The van der Waals surface area contributed by atoms with Crippen molar-refractivity contribution in [2.75, 3.05) is 6.16 Å². The number of unbranched alkanes of at least 4 members (excludes halogenated alkanes) is 3. The minimum Gasteiger partial charge on any atom is -0.138 e. The first-order chi connectivity index (χ1) is 14.3. The van der Waals surface area contributed by atoms with Crippen molar-refractivity contribution in [3.8, 4) is 0 Å². The van der Waals surface area contributed by atoms with Gasteiger partial charge < -0.3 is 0 Å². The Morgan fingerprint density at radius 2 is 0.867 bits per heavy atom. The Morgan fingerprint density at radius 1 is 0.500 bits per heavy atom. The summed E-state index contributed by atoms with van der Waals surface area (Å²) >= 11 is 0. The van der Waals surface area contributed by atoms with Crippen LogP contribution in [0.5, 0.6) is 0 Å². The molecule has 0 aliphatic carbocycles. The molecule has 1 unspecified atom stereocenters. The maximum atomic E-state index is 2.86. The molecule has 0 amide bonds. The summed E-state index contributed by atoms with van der Waals surface area (Å²) in [7, 11) is 2.86. The average molecular weight is 483 g/mol. The van der Waals surface area contributed by atoms with Crippen LogP contribution in [0.25, 0.3) is 0 Å². The zero-order valence-electron chi connectivity index (χ0n) is 18.0. The third-order valence-electron chi connectivity index (χ3n) is 5.93. The highest BCUT2D eigenvalue weighted by Crippen LogP contribution is 2.37. The molecular weight excluding hydrogens is 447 g/mol. The molecule has 0 spiro atoms. The van der Waals surface area contributed by atoms with Crippen LogP contribution in [-0.4, -0.2) is 6.16 Å². The van der Waals surface area contributed by atoms with Crippen molar-refractivity contribution < 1.29 is 0 Å². The molecule has 0 radical (unpaired) electrons. The van der Waals surface area contributed by atoms with Gasteiger partial charge in [0, 0.05) is 0 Å². The molecule has 0 N–H and O–H groups in total. The smallest absolute Gasteiger partial charge is 0.0176 e. The van der Waals surface area contributed by atoms with E-state index in [1.54, 1.807) is 0 Å². The van der Waals surface area contributed by atoms with Crippen molar-refractivity contribution in [1.29, 1.82) is 0 Å². The highest BCUT2D eigenvalue weighted by Gasteiger charge is 2.30. The van der Waals surface area contributed by atoms with Crippen LogP contribution in [0, 0.1) is 5.41 Å². The van der Waals surface area contributed by atoms with Gasteiger partial charge in [-0.15, -0.1) is 26.2 Å². The molecule has 0 aliphatic rings. The highest BCUT2D eigenvalue weighted by atomic mass is 79.9. The lowest BCUT2D eigenvalue weighted by Gasteiger charge is -2.35. The van der Waals surface area contributed by atoms with Gasteiger partial charge in [0.1, 0.15) is 0 Å². The van der Waals surface area contributed by atoms with E-state index in [0.29, 0.717) is 0 Å². The van der Waals surface area contributed by atoms with Crippen LogP contribution in [0.15, 0.2) is 91.0 Å². The summed E-state index contributed by atoms with van der Waals surface area (Å²) in [6, 6.07) is 33.3. The number of halogens is 1. The Balaban J connectivity index is 0.00000320. The first-order valence-electron chi connectivity index (χ1n) is 11.1. The van der Waals surface area contributed by atoms with E-state index in [-0.39, 0.29) is 22.4 Å². The molecule has 0 saturated carbocycles. The predicted molar refractivity (Wildman–Crippen MR) is 141 cm³/mol. The van der Waals surface area contributed by atoms with Crippen molar-refractivity contribution in [2.24, 2.45) is 5.41 Å². The second-order valence-corrected chi connectivity index (χ2v) is 9.02. The number of hydrogen-bond donors (Lipinski definition) is 0. The lowest BCUT2D eigenvalue weighted by Crippen LogP contribution is -2.30. The zero-order valence-corrected chi connectivity index (χ0v) is 20.9. The normalized spacial score (nSPS) is 11.1. The van der Waals surface area contributed by atoms with Crippen LogP contribution in [0.4, 0.5) is 0 Å². The Bertz CT molecular complexity index is 700. The maximum Gasteiger partial charge on any atom is -0.0176 e. The molecule has 0 aliphatic heterocycles. The minimum atomic E-state index is 0. The largest absolute Gasteiger partial charge is 0.138 e. The third kappa shape index (κ3) is 8.37. The lowest BCUT2D eigenvalue weighted by atomic mass is 9.69. The summed E-state index contributed by atoms with van der Waals surface area (Å²) in [5.74, 6) is 0. The fourth-order valence-electron chi connectivity index (χ4n) is 4.54. The Hall–Kier alpha value is -1.43. The molecule has 3 rings (SSSR count). The van der Waals surface area contributed by atoms with E-state index in [2.05, 4.69) is 100 Å². The highest BCUT2D eigenvalue weighted by molar-refractivity contribution is 8.93. The second-order valence-electron chi connectivity index (χ2n) is 8.44. The Morgan fingerprint density at radius 3 is 1.23 bits per heavy atom. The zero-order chi connectivity index (χ0) is 20.2. The van der Waals surface area contributed by atoms with E-state index < -0.39 is 0 Å². The van der Waals surface area contributed by atoms with E-state index in [0.717, 1.165) is 19.3 Å². The van der Waals surface area contributed by atoms with Gasteiger partial charge in [0.2, 0.25) is 0 Å². The van der Waals surface area contributed by atoms with Crippen LogP contribution in [0.2, 0.25) is 0 Å². The Labute approximate surface area is 196 Å². The summed E-state index contributed by atoms with van der Waals surface area (Å²) in [5, 5.41) is 0. The fourth-order valence-corrected chi connectivity index (χ4v) is 4.83. The van der Waals surface area contributed by atoms with Gasteiger partial charge in [-0.3, -0.25) is 0 Å². The maximum absolute atomic E-state index is 2.86. The van der Waals surface area contributed by atoms with E-state index in [1.165, 1.54) is 55.0 Å². The summed E-state index contributed by atoms with van der Waals surface area (Å²) < 4.78 is 0. The molecule has 3 aromatic rings. The number of benzene rings is 3. The molecule has 30 heavy (non-hydrogen) atoms. The van der Waals surface area contributed by atoms with Gasteiger partial charge in [0.15, 0.2) is 0 Å². The van der Waals surface area contributed by atoms with Crippen LogP contribution in [0.1, 0.15) is 48.8 Å². The van der Waals surface area contributed by atoms with Gasteiger partial charge in [-0.25, -0.2) is 0 Å². The van der Waals surface area contributed by atoms with Gasteiger partial charge in [-0.1, -0.05) is 110 Å². The van der Waals surface area contributed by atoms with E-state index in [4.69, 9.17) is 0 Å². The van der Waals surface area contributed by atoms with Crippen molar-refractivity contribution in [2.45, 2.75) is 51.4 Å². The van der Waals surface area contributed by atoms with Crippen LogP contribution < -0.4 is 0 Å². The lowest BCUT2D eigenvalue weighted by molar-refractivity contribution is 0.244. The molecule has 160 valence electrons. The van der Waals surface area contributed by atoms with Crippen molar-refractivity contribution in [3.63, 3.8) is 0 Å². The first-order valence-corrected chi connectivity index (χ1v) is 11.9.